The SMILES string of the molecule is C=C(C(=O)O)C(CCCCCC1CO1)CC1CO1. The molecule has 18 heavy (non-hydrogen) atoms. The van der Waals surface area contributed by atoms with E-state index in [1.165, 1.54) is 6.42 Å². The van der Waals surface area contributed by atoms with Crippen LogP contribution in [0.15, 0.2) is 12.2 Å². The molecule has 0 aromatic carbocycles. The summed E-state index contributed by atoms with van der Waals surface area (Å²) in [4.78, 5) is 11.0. The molecule has 4 heteroatoms. The van der Waals surface area contributed by atoms with Gasteiger partial charge in [-0.15, -0.1) is 0 Å². The molecule has 102 valence electrons. The van der Waals surface area contributed by atoms with Crippen LogP contribution in [0.2, 0.25) is 0 Å². The highest BCUT2D eigenvalue weighted by molar-refractivity contribution is 5.86. The molecule has 2 aliphatic heterocycles. The van der Waals surface area contributed by atoms with Gasteiger partial charge in [0.1, 0.15) is 0 Å². The average Bonchev–Trinajstić information content (AvgIpc) is 3.20. The molecule has 0 bridgehead atoms. The van der Waals surface area contributed by atoms with Crippen molar-refractivity contribution in [1.29, 1.82) is 0 Å². The number of epoxide rings is 2. The van der Waals surface area contributed by atoms with Gasteiger partial charge in [0, 0.05) is 5.57 Å². The Balaban J connectivity index is 1.62. The minimum absolute atomic E-state index is 0.0761. The lowest BCUT2D eigenvalue weighted by atomic mass is 9.89. The van der Waals surface area contributed by atoms with Crippen LogP contribution in [0.1, 0.15) is 38.5 Å². The standard InChI is InChI=1S/C14H22O4/c1-10(14(15)16)11(7-13-9-18-13)5-3-2-4-6-12-8-17-12/h11-13H,1-9H2,(H,15,16). The van der Waals surface area contributed by atoms with Gasteiger partial charge in [0.15, 0.2) is 0 Å². The van der Waals surface area contributed by atoms with Crippen molar-refractivity contribution in [1.82, 2.24) is 0 Å². The van der Waals surface area contributed by atoms with Gasteiger partial charge in [0.25, 0.3) is 0 Å². The van der Waals surface area contributed by atoms with Crippen molar-refractivity contribution >= 4 is 5.97 Å². The third-order valence-electron chi connectivity index (χ3n) is 3.70. The fourth-order valence-corrected chi connectivity index (χ4v) is 2.30. The predicted octanol–water partition coefficient (Wildman–Crippen LogP) is 2.38. The molecule has 0 radical (unpaired) electrons. The number of hydrogen-bond donors (Lipinski definition) is 1. The summed E-state index contributed by atoms with van der Waals surface area (Å²) < 4.78 is 10.3. The van der Waals surface area contributed by atoms with Gasteiger partial charge < -0.3 is 14.6 Å². The number of hydrogen-bond acceptors (Lipinski definition) is 3. The van der Waals surface area contributed by atoms with Gasteiger partial charge in [-0.1, -0.05) is 25.8 Å². The summed E-state index contributed by atoms with van der Waals surface area (Å²) in [5, 5.41) is 9.01. The minimum Gasteiger partial charge on any atom is -0.478 e. The van der Waals surface area contributed by atoms with E-state index in [4.69, 9.17) is 14.6 Å². The molecule has 0 aromatic rings. The summed E-state index contributed by atoms with van der Waals surface area (Å²) in [5.41, 5.74) is 0.344. The van der Waals surface area contributed by atoms with Crippen LogP contribution in [0, 0.1) is 5.92 Å². The Morgan fingerprint density at radius 2 is 1.89 bits per heavy atom. The van der Waals surface area contributed by atoms with Crippen molar-refractivity contribution in [3.63, 3.8) is 0 Å². The third kappa shape index (κ3) is 4.78. The zero-order valence-corrected chi connectivity index (χ0v) is 10.8. The fraction of sp³-hybridized carbons (Fsp3) is 0.786. The summed E-state index contributed by atoms with van der Waals surface area (Å²) in [6.07, 6.45) is 7.05. The van der Waals surface area contributed by atoms with E-state index in [0.717, 1.165) is 45.3 Å². The lowest BCUT2D eigenvalue weighted by Crippen LogP contribution is -2.14. The third-order valence-corrected chi connectivity index (χ3v) is 3.70. The van der Waals surface area contributed by atoms with Crippen molar-refractivity contribution in [2.75, 3.05) is 13.2 Å². The molecule has 0 aliphatic carbocycles. The van der Waals surface area contributed by atoms with Crippen molar-refractivity contribution < 1.29 is 19.4 Å². The first-order valence-corrected chi connectivity index (χ1v) is 6.82. The molecule has 2 saturated heterocycles. The monoisotopic (exact) mass is 254 g/mol. The van der Waals surface area contributed by atoms with E-state index in [-0.39, 0.29) is 12.0 Å². The van der Waals surface area contributed by atoms with E-state index < -0.39 is 5.97 Å². The Labute approximate surface area is 108 Å². The average molecular weight is 254 g/mol. The molecule has 2 heterocycles. The molecule has 2 rings (SSSR count). The summed E-state index contributed by atoms with van der Waals surface area (Å²) >= 11 is 0. The van der Waals surface area contributed by atoms with E-state index >= 15 is 0 Å². The molecular weight excluding hydrogens is 232 g/mol. The van der Waals surface area contributed by atoms with E-state index in [9.17, 15) is 4.79 Å². The quantitative estimate of drug-likeness (QED) is 0.369. The zero-order chi connectivity index (χ0) is 13.0. The number of carboxylic acid groups (broad SMARTS) is 1. The predicted molar refractivity (Wildman–Crippen MR) is 67.4 cm³/mol. The maximum Gasteiger partial charge on any atom is 0.331 e. The molecule has 1 N–H and O–H groups in total. The van der Waals surface area contributed by atoms with Crippen LogP contribution in [0.4, 0.5) is 0 Å². The van der Waals surface area contributed by atoms with Gasteiger partial charge in [-0.2, -0.15) is 0 Å². The van der Waals surface area contributed by atoms with Crippen LogP contribution >= 0.6 is 0 Å². The summed E-state index contributed by atoms with van der Waals surface area (Å²) in [5.74, 6) is -0.792. The maximum absolute atomic E-state index is 11.0. The molecule has 2 aliphatic rings. The highest BCUT2D eigenvalue weighted by atomic mass is 16.6. The van der Waals surface area contributed by atoms with Crippen molar-refractivity contribution in [3.05, 3.63) is 12.2 Å². The first kappa shape index (κ1) is 13.6. The van der Waals surface area contributed by atoms with Gasteiger partial charge >= 0.3 is 5.97 Å². The molecule has 4 nitrogen and oxygen atoms in total. The molecule has 3 atom stereocenters. The maximum atomic E-state index is 11.0. The Morgan fingerprint density at radius 1 is 1.22 bits per heavy atom. The molecule has 2 fully saturated rings. The van der Waals surface area contributed by atoms with Crippen molar-refractivity contribution in [2.45, 2.75) is 50.7 Å². The summed E-state index contributed by atoms with van der Waals surface area (Å²) in [7, 11) is 0. The number of rotatable bonds is 10. The highest BCUT2D eigenvalue weighted by Gasteiger charge is 2.29. The van der Waals surface area contributed by atoms with Crippen molar-refractivity contribution in [3.8, 4) is 0 Å². The first-order chi connectivity index (χ1) is 8.66. The Morgan fingerprint density at radius 3 is 2.44 bits per heavy atom. The van der Waals surface area contributed by atoms with Gasteiger partial charge in [-0.05, 0) is 25.2 Å². The zero-order valence-electron chi connectivity index (χ0n) is 10.8. The first-order valence-electron chi connectivity index (χ1n) is 6.82. The summed E-state index contributed by atoms with van der Waals surface area (Å²) in [6.45, 7) is 5.41. The second-order valence-electron chi connectivity index (χ2n) is 5.31. The number of carbonyl (C=O) groups is 1. The Hall–Kier alpha value is -0.870. The van der Waals surface area contributed by atoms with Crippen molar-refractivity contribution in [2.24, 2.45) is 5.92 Å². The molecule has 0 aromatic heterocycles. The van der Waals surface area contributed by atoms with Gasteiger partial charge in [-0.25, -0.2) is 4.79 Å². The highest BCUT2D eigenvalue weighted by Crippen LogP contribution is 2.29. The number of carboxylic acids is 1. The summed E-state index contributed by atoms with van der Waals surface area (Å²) in [6, 6.07) is 0. The number of aliphatic carboxylic acids is 1. The Bertz CT molecular complexity index is 305. The lowest BCUT2D eigenvalue weighted by molar-refractivity contribution is -0.133. The topological polar surface area (TPSA) is 62.4 Å². The van der Waals surface area contributed by atoms with E-state index in [0.29, 0.717) is 11.7 Å². The molecular formula is C14H22O4. The smallest absolute Gasteiger partial charge is 0.331 e. The van der Waals surface area contributed by atoms with E-state index in [1.54, 1.807) is 0 Å². The molecule has 0 saturated carbocycles. The minimum atomic E-state index is -0.868. The van der Waals surface area contributed by atoms with Gasteiger partial charge in [0.05, 0.1) is 25.4 Å². The van der Waals surface area contributed by atoms with Crippen LogP contribution in [-0.2, 0) is 14.3 Å². The van der Waals surface area contributed by atoms with Crippen LogP contribution in [0.3, 0.4) is 0 Å². The largest absolute Gasteiger partial charge is 0.478 e. The van der Waals surface area contributed by atoms with Crippen LogP contribution in [0.5, 0.6) is 0 Å². The van der Waals surface area contributed by atoms with E-state index in [1.807, 2.05) is 0 Å². The number of unbranched alkanes of at least 4 members (excludes halogenated alkanes) is 2. The van der Waals surface area contributed by atoms with Crippen LogP contribution < -0.4 is 0 Å². The molecule has 0 spiro atoms. The lowest BCUT2D eigenvalue weighted by Gasteiger charge is -2.15. The molecule has 0 amide bonds. The Kier molecular flexibility index (Phi) is 4.78. The second kappa shape index (κ2) is 6.34. The van der Waals surface area contributed by atoms with Gasteiger partial charge in [0.2, 0.25) is 0 Å². The van der Waals surface area contributed by atoms with Crippen LogP contribution in [-0.4, -0.2) is 36.5 Å². The van der Waals surface area contributed by atoms with E-state index in [2.05, 4.69) is 6.58 Å². The normalized spacial score (nSPS) is 26.7. The molecule has 3 unspecified atom stereocenters. The number of ether oxygens (including phenoxy) is 2. The second-order valence-corrected chi connectivity index (χ2v) is 5.31. The van der Waals surface area contributed by atoms with Gasteiger partial charge in [-0.3, -0.25) is 0 Å². The van der Waals surface area contributed by atoms with Crippen LogP contribution in [0.25, 0.3) is 0 Å². The fourth-order valence-electron chi connectivity index (χ4n) is 2.30.